The monoisotopic (exact) mass is 531 g/mol. The number of benzene rings is 2. The van der Waals surface area contributed by atoms with E-state index in [4.69, 9.17) is 14.5 Å². The average molecular weight is 532 g/mol. The summed E-state index contributed by atoms with van der Waals surface area (Å²) in [5.74, 6) is 1.09. The Morgan fingerprint density at radius 1 is 1.26 bits per heavy atom. The molecule has 2 aromatic carbocycles. The molecular formula is C28H29N5O4S. The second kappa shape index (κ2) is 10.6. The third-order valence-electron chi connectivity index (χ3n) is 7.12. The van der Waals surface area contributed by atoms with Crippen LogP contribution in [0.4, 0.5) is 0 Å². The van der Waals surface area contributed by atoms with E-state index in [0.717, 1.165) is 65.2 Å². The van der Waals surface area contributed by atoms with Crippen molar-refractivity contribution in [2.45, 2.75) is 38.9 Å². The van der Waals surface area contributed by atoms with Gasteiger partial charge in [0.2, 0.25) is 6.79 Å². The highest BCUT2D eigenvalue weighted by atomic mass is 32.1. The fourth-order valence-electron chi connectivity index (χ4n) is 5.12. The molecule has 196 valence electrons. The molecule has 1 saturated heterocycles. The third-order valence-corrected chi connectivity index (χ3v) is 8.06. The Morgan fingerprint density at radius 2 is 2.16 bits per heavy atom. The topological polar surface area (TPSA) is 101 Å². The van der Waals surface area contributed by atoms with Gasteiger partial charge >= 0.3 is 0 Å². The maximum atomic E-state index is 13.1. The van der Waals surface area contributed by atoms with Crippen LogP contribution >= 0.6 is 11.3 Å². The number of hydrogen-bond donors (Lipinski definition) is 2. The lowest BCUT2D eigenvalue weighted by atomic mass is 10.1. The number of fused-ring (bicyclic) bond motifs is 2. The number of aryl methyl sites for hydroxylation is 1. The highest BCUT2D eigenvalue weighted by Gasteiger charge is 2.24. The first-order chi connectivity index (χ1) is 18.6. The van der Waals surface area contributed by atoms with Crippen LogP contribution in [0.15, 0.2) is 53.1 Å². The number of hydrazone groups is 1. The first-order valence-electron chi connectivity index (χ1n) is 12.8. The summed E-state index contributed by atoms with van der Waals surface area (Å²) in [4.78, 5) is 20.3. The molecule has 0 bridgehead atoms. The number of nitrogens with zero attached hydrogens (tertiary/aromatic N) is 4. The fraction of sp³-hybridized carbons (Fsp3) is 0.321. The van der Waals surface area contributed by atoms with Crippen molar-refractivity contribution in [1.82, 2.24) is 19.9 Å². The number of nitrogens with one attached hydrogen (secondary N) is 1. The first kappa shape index (κ1) is 24.6. The number of hydrogen-bond acceptors (Lipinski definition) is 8. The Hall–Kier alpha value is -3.73. The average Bonchev–Trinajstić information content (AvgIpc) is 3.74. The van der Waals surface area contributed by atoms with Crippen LogP contribution in [0.5, 0.6) is 11.5 Å². The standard InChI is InChI=1S/C28H29N5O4S/c1-2-32-14-23(27(35)31-29-12-18-5-8-25-26(10-18)37-17-36-25)22-11-19(6-7-24(22)32)28-30-20(16-38-28)13-33-9-3-4-21(33)15-34/h5-8,10-12,14,16,21,34H,2-4,9,13,15,17H2,1H3,(H,31,35)/b29-12+/t21-/m0/s1. The SMILES string of the molecule is CCn1cc(C(=O)N/N=C/c2ccc3c(c2)OCO3)c2cc(-c3nc(CN4CCC[C@H]4CO)cs3)ccc21. The summed E-state index contributed by atoms with van der Waals surface area (Å²) in [5.41, 5.74) is 6.99. The number of aromatic nitrogens is 2. The lowest BCUT2D eigenvalue weighted by Gasteiger charge is -2.21. The number of rotatable bonds is 8. The van der Waals surface area contributed by atoms with E-state index in [1.807, 2.05) is 36.5 Å². The molecule has 2 aromatic heterocycles. The number of ether oxygens (including phenoxy) is 2. The van der Waals surface area contributed by atoms with Crippen LogP contribution in [0.2, 0.25) is 0 Å². The van der Waals surface area contributed by atoms with E-state index in [0.29, 0.717) is 17.1 Å². The van der Waals surface area contributed by atoms with Crippen molar-refractivity contribution in [2.24, 2.45) is 5.10 Å². The quantitative estimate of drug-likeness (QED) is 0.261. The molecule has 38 heavy (non-hydrogen) atoms. The van der Waals surface area contributed by atoms with Gasteiger partial charge in [-0.2, -0.15) is 5.10 Å². The smallest absolute Gasteiger partial charge is 0.273 e. The molecule has 1 atom stereocenters. The van der Waals surface area contributed by atoms with Crippen molar-refractivity contribution in [1.29, 1.82) is 0 Å². The van der Waals surface area contributed by atoms with Crippen molar-refractivity contribution < 1.29 is 19.4 Å². The molecule has 10 heteroatoms. The van der Waals surface area contributed by atoms with E-state index in [9.17, 15) is 9.90 Å². The van der Waals surface area contributed by atoms with E-state index in [2.05, 4.69) is 38.4 Å². The van der Waals surface area contributed by atoms with Gasteiger partial charge in [0.1, 0.15) is 5.01 Å². The molecule has 2 N–H and O–H groups in total. The molecule has 2 aliphatic rings. The van der Waals surface area contributed by atoms with Crippen LogP contribution in [-0.4, -0.2) is 57.7 Å². The van der Waals surface area contributed by atoms with Gasteiger partial charge in [-0.25, -0.2) is 10.4 Å². The summed E-state index contributed by atoms with van der Waals surface area (Å²) in [6.45, 7) is 4.93. The lowest BCUT2D eigenvalue weighted by Crippen LogP contribution is -2.31. The lowest BCUT2D eigenvalue weighted by molar-refractivity contribution is 0.0956. The van der Waals surface area contributed by atoms with Crippen molar-refractivity contribution in [2.75, 3.05) is 19.9 Å². The van der Waals surface area contributed by atoms with Crippen LogP contribution < -0.4 is 14.9 Å². The van der Waals surface area contributed by atoms with Crippen LogP contribution in [0.1, 0.15) is 41.4 Å². The minimum absolute atomic E-state index is 0.188. The Bertz CT molecular complexity index is 1510. The molecule has 9 nitrogen and oxygen atoms in total. The van der Waals surface area contributed by atoms with Crippen LogP contribution in [0.3, 0.4) is 0 Å². The van der Waals surface area contributed by atoms with Crippen molar-refractivity contribution >= 4 is 34.4 Å². The van der Waals surface area contributed by atoms with E-state index < -0.39 is 0 Å². The summed E-state index contributed by atoms with van der Waals surface area (Å²) < 4.78 is 12.8. The van der Waals surface area contributed by atoms with Crippen LogP contribution in [-0.2, 0) is 13.1 Å². The zero-order chi connectivity index (χ0) is 26.1. The molecule has 4 aromatic rings. The normalized spacial score (nSPS) is 17.2. The van der Waals surface area contributed by atoms with Gasteiger partial charge < -0.3 is 19.1 Å². The maximum Gasteiger partial charge on any atom is 0.273 e. The van der Waals surface area contributed by atoms with E-state index in [1.165, 1.54) is 0 Å². The number of thiazole rings is 1. The Kier molecular flexibility index (Phi) is 6.84. The van der Waals surface area contributed by atoms with Gasteiger partial charge in [0.25, 0.3) is 5.91 Å². The predicted molar refractivity (Wildman–Crippen MR) is 147 cm³/mol. The van der Waals surface area contributed by atoms with Crippen LogP contribution in [0, 0.1) is 0 Å². The summed E-state index contributed by atoms with van der Waals surface area (Å²) in [5, 5.41) is 17.7. The molecule has 0 spiro atoms. The number of amides is 1. The molecule has 0 unspecified atom stereocenters. The molecule has 2 aliphatic heterocycles. The van der Waals surface area contributed by atoms with Gasteiger partial charge in [-0.15, -0.1) is 11.3 Å². The van der Waals surface area contributed by atoms with Gasteiger partial charge in [0.05, 0.1) is 24.1 Å². The first-order valence-corrected chi connectivity index (χ1v) is 13.7. The van der Waals surface area contributed by atoms with E-state index in [-0.39, 0.29) is 25.3 Å². The van der Waals surface area contributed by atoms with Gasteiger partial charge in [0.15, 0.2) is 11.5 Å². The second-order valence-corrected chi connectivity index (χ2v) is 10.3. The maximum absolute atomic E-state index is 13.1. The number of carbonyl (C=O) groups excluding carboxylic acids is 1. The minimum atomic E-state index is -0.278. The molecule has 0 saturated carbocycles. The Balaban J connectivity index is 1.22. The number of likely N-dealkylation sites (tertiary alicyclic amines) is 1. The molecular weight excluding hydrogens is 502 g/mol. The second-order valence-electron chi connectivity index (χ2n) is 9.47. The summed E-state index contributed by atoms with van der Waals surface area (Å²) in [6.07, 6.45) is 5.60. The van der Waals surface area contributed by atoms with Gasteiger partial charge in [-0.1, -0.05) is 0 Å². The van der Waals surface area contributed by atoms with Crippen molar-refractivity contribution in [3.05, 3.63) is 64.8 Å². The largest absolute Gasteiger partial charge is 0.454 e. The molecule has 1 fully saturated rings. The van der Waals surface area contributed by atoms with E-state index in [1.54, 1.807) is 17.6 Å². The molecule has 4 heterocycles. The Morgan fingerprint density at radius 3 is 3.03 bits per heavy atom. The number of carbonyl (C=O) groups is 1. The van der Waals surface area contributed by atoms with Gasteiger partial charge in [0, 0.05) is 47.2 Å². The summed E-state index contributed by atoms with van der Waals surface area (Å²) in [6, 6.07) is 11.9. The van der Waals surface area contributed by atoms with Crippen molar-refractivity contribution in [3.63, 3.8) is 0 Å². The summed E-state index contributed by atoms with van der Waals surface area (Å²) >= 11 is 1.60. The number of aliphatic hydroxyl groups excluding tert-OH is 1. The number of aliphatic hydroxyl groups is 1. The molecule has 0 aliphatic carbocycles. The van der Waals surface area contributed by atoms with E-state index >= 15 is 0 Å². The molecule has 1 amide bonds. The summed E-state index contributed by atoms with van der Waals surface area (Å²) in [7, 11) is 0. The van der Waals surface area contributed by atoms with Crippen molar-refractivity contribution in [3.8, 4) is 22.1 Å². The predicted octanol–water partition coefficient (Wildman–Crippen LogP) is 4.23. The van der Waals surface area contributed by atoms with Crippen LogP contribution in [0.25, 0.3) is 21.5 Å². The zero-order valence-electron chi connectivity index (χ0n) is 21.1. The molecule has 0 radical (unpaired) electrons. The minimum Gasteiger partial charge on any atom is -0.454 e. The zero-order valence-corrected chi connectivity index (χ0v) is 21.9. The Labute approximate surface area is 224 Å². The highest BCUT2D eigenvalue weighted by Crippen LogP contribution is 2.33. The third kappa shape index (κ3) is 4.78. The van der Waals surface area contributed by atoms with Gasteiger partial charge in [-0.3, -0.25) is 9.69 Å². The fourth-order valence-corrected chi connectivity index (χ4v) is 5.93. The molecule has 6 rings (SSSR count). The highest BCUT2D eigenvalue weighted by molar-refractivity contribution is 7.13. The van der Waals surface area contributed by atoms with Gasteiger partial charge in [-0.05, 0) is 68.3 Å².